The van der Waals surface area contributed by atoms with Crippen LogP contribution in [-0.4, -0.2) is 29.6 Å². The molecule has 0 saturated carbocycles. The summed E-state index contributed by atoms with van der Waals surface area (Å²) in [7, 11) is 0. The minimum absolute atomic E-state index is 0.419. The second-order valence-electron chi connectivity index (χ2n) is 5.85. The SMILES string of the molecule is O=C1CC(C(F)(F)F)n2c3c(c4cccc1c42)CC[N]CC3. The van der Waals surface area contributed by atoms with Gasteiger partial charge in [0.05, 0.1) is 5.52 Å². The third-order valence-electron chi connectivity index (χ3n) is 4.64. The van der Waals surface area contributed by atoms with Gasteiger partial charge in [0.25, 0.3) is 0 Å². The van der Waals surface area contributed by atoms with Gasteiger partial charge < -0.3 is 4.57 Å². The second-order valence-corrected chi connectivity index (χ2v) is 5.85. The van der Waals surface area contributed by atoms with Crippen LogP contribution in [0.15, 0.2) is 18.2 Å². The van der Waals surface area contributed by atoms with Crippen molar-refractivity contribution in [3.63, 3.8) is 0 Å². The number of carbonyl (C=O) groups excluding carboxylic acids is 1. The van der Waals surface area contributed by atoms with Crippen molar-refractivity contribution in [2.45, 2.75) is 31.5 Å². The highest BCUT2D eigenvalue weighted by atomic mass is 19.4. The molecule has 0 bridgehead atoms. The zero-order valence-corrected chi connectivity index (χ0v) is 11.8. The number of nitrogens with zero attached hydrogens (tertiary/aromatic N) is 2. The Morgan fingerprint density at radius 3 is 2.73 bits per heavy atom. The van der Waals surface area contributed by atoms with E-state index in [9.17, 15) is 18.0 Å². The Morgan fingerprint density at radius 1 is 1.18 bits per heavy atom. The van der Waals surface area contributed by atoms with Crippen LogP contribution in [0.3, 0.4) is 0 Å². The monoisotopic (exact) mass is 307 g/mol. The highest BCUT2D eigenvalue weighted by molar-refractivity contribution is 6.10. The molecule has 2 aliphatic heterocycles. The van der Waals surface area contributed by atoms with Crippen molar-refractivity contribution >= 4 is 16.7 Å². The van der Waals surface area contributed by atoms with Crippen LogP contribution >= 0.6 is 0 Å². The fourth-order valence-corrected chi connectivity index (χ4v) is 3.73. The van der Waals surface area contributed by atoms with E-state index in [1.165, 1.54) is 4.57 Å². The van der Waals surface area contributed by atoms with Crippen molar-refractivity contribution in [3.8, 4) is 0 Å². The van der Waals surface area contributed by atoms with E-state index in [-0.39, 0.29) is 0 Å². The number of para-hydroxylation sites is 1. The molecule has 4 rings (SSSR count). The first-order chi connectivity index (χ1) is 10.5. The Kier molecular flexibility index (Phi) is 2.88. The fraction of sp³-hybridized carbons (Fsp3) is 0.438. The molecule has 0 fully saturated rings. The van der Waals surface area contributed by atoms with E-state index in [0.29, 0.717) is 42.7 Å². The molecule has 0 spiro atoms. The number of benzene rings is 1. The first-order valence-electron chi connectivity index (χ1n) is 7.36. The quantitative estimate of drug-likeness (QED) is 0.737. The van der Waals surface area contributed by atoms with E-state index >= 15 is 0 Å². The van der Waals surface area contributed by atoms with Crippen LogP contribution in [0.5, 0.6) is 0 Å². The first-order valence-corrected chi connectivity index (χ1v) is 7.36. The molecule has 2 aliphatic rings. The largest absolute Gasteiger partial charge is 0.409 e. The van der Waals surface area contributed by atoms with Gasteiger partial charge in [0.1, 0.15) is 6.04 Å². The molecule has 1 radical (unpaired) electrons. The van der Waals surface area contributed by atoms with Gasteiger partial charge in [0.2, 0.25) is 0 Å². The van der Waals surface area contributed by atoms with Crippen LogP contribution in [0.4, 0.5) is 13.2 Å². The molecule has 0 amide bonds. The molecule has 3 nitrogen and oxygen atoms in total. The maximum atomic E-state index is 13.5. The van der Waals surface area contributed by atoms with E-state index in [0.717, 1.165) is 10.9 Å². The van der Waals surface area contributed by atoms with Gasteiger partial charge in [-0.25, -0.2) is 5.32 Å². The van der Waals surface area contributed by atoms with E-state index < -0.39 is 24.4 Å². The van der Waals surface area contributed by atoms with Crippen LogP contribution in [0, 0.1) is 0 Å². The highest BCUT2D eigenvalue weighted by Gasteiger charge is 2.47. The first kappa shape index (κ1) is 13.8. The molecule has 1 atom stereocenters. The molecule has 3 heterocycles. The Bertz CT molecular complexity index is 776. The number of hydrogen-bond donors (Lipinski definition) is 0. The van der Waals surface area contributed by atoms with Gasteiger partial charge in [0, 0.05) is 42.6 Å². The average Bonchev–Trinajstić information content (AvgIpc) is 2.62. The van der Waals surface area contributed by atoms with E-state index in [1.54, 1.807) is 12.1 Å². The van der Waals surface area contributed by atoms with Crippen molar-refractivity contribution in [1.82, 2.24) is 9.88 Å². The topological polar surface area (TPSA) is 36.1 Å². The molecule has 6 heteroatoms. The maximum absolute atomic E-state index is 13.5. The molecular weight excluding hydrogens is 293 g/mol. The molecule has 0 aliphatic carbocycles. The third kappa shape index (κ3) is 1.83. The number of aromatic nitrogens is 1. The smallest absolute Gasteiger partial charge is 0.331 e. The number of hydrogen-bond acceptors (Lipinski definition) is 1. The van der Waals surface area contributed by atoms with Crippen LogP contribution in [0.25, 0.3) is 10.9 Å². The highest BCUT2D eigenvalue weighted by Crippen LogP contribution is 2.44. The van der Waals surface area contributed by atoms with Crippen molar-refractivity contribution in [3.05, 3.63) is 35.0 Å². The summed E-state index contributed by atoms with van der Waals surface area (Å²) in [6, 6.07) is 3.47. The number of fused-ring (bicyclic) bond motifs is 3. The van der Waals surface area contributed by atoms with Crippen molar-refractivity contribution in [2.24, 2.45) is 0 Å². The van der Waals surface area contributed by atoms with E-state index in [1.807, 2.05) is 6.07 Å². The summed E-state index contributed by atoms with van der Waals surface area (Å²) in [5, 5.41) is 5.11. The summed E-state index contributed by atoms with van der Waals surface area (Å²) in [6.45, 7) is 1.16. The van der Waals surface area contributed by atoms with Crippen LogP contribution in [-0.2, 0) is 12.8 Å². The number of halogens is 3. The fourth-order valence-electron chi connectivity index (χ4n) is 3.73. The molecule has 1 unspecified atom stereocenters. The molecular formula is C16H14F3N2O. The van der Waals surface area contributed by atoms with E-state index in [2.05, 4.69) is 5.32 Å². The molecule has 1 aromatic heterocycles. The average molecular weight is 307 g/mol. The Hall–Kier alpha value is -1.82. The van der Waals surface area contributed by atoms with Crippen molar-refractivity contribution < 1.29 is 18.0 Å². The summed E-state index contributed by atoms with van der Waals surface area (Å²) in [6.07, 6.45) is -3.79. The molecule has 0 saturated heterocycles. The molecule has 115 valence electrons. The third-order valence-corrected chi connectivity index (χ3v) is 4.64. The number of Topliss-reactive ketones (excluding diaryl/α,β-unsaturated/α-hetero) is 1. The molecule has 22 heavy (non-hydrogen) atoms. The van der Waals surface area contributed by atoms with Gasteiger partial charge in [-0.05, 0) is 18.1 Å². The Morgan fingerprint density at radius 2 is 1.95 bits per heavy atom. The summed E-state index contributed by atoms with van der Waals surface area (Å²) in [4.78, 5) is 12.2. The Labute approximate surface area is 125 Å². The predicted octanol–water partition coefficient (Wildman–Crippen LogP) is 3.03. The van der Waals surface area contributed by atoms with Crippen LogP contribution in [0.2, 0.25) is 0 Å². The number of alkyl halides is 3. The lowest BCUT2D eigenvalue weighted by Crippen LogP contribution is -2.33. The minimum Gasteiger partial charge on any atom is -0.331 e. The summed E-state index contributed by atoms with van der Waals surface area (Å²) >= 11 is 0. The van der Waals surface area contributed by atoms with Gasteiger partial charge in [-0.1, -0.05) is 12.1 Å². The minimum atomic E-state index is -4.42. The zero-order chi connectivity index (χ0) is 15.5. The van der Waals surface area contributed by atoms with Gasteiger partial charge in [-0.3, -0.25) is 4.79 Å². The molecule has 0 N–H and O–H groups in total. The van der Waals surface area contributed by atoms with Gasteiger partial charge in [0.15, 0.2) is 5.78 Å². The Balaban J connectivity index is 2.09. The lowest BCUT2D eigenvalue weighted by atomic mass is 9.96. The number of rotatable bonds is 0. The predicted molar refractivity (Wildman–Crippen MR) is 75.3 cm³/mol. The molecule has 1 aromatic carbocycles. The lowest BCUT2D eigenvalue weighted by molar-refractivity contribution is -0.166. The normalized spacial score (nSPS) is 21.8. The summed E-state index contributed by atoms with van der Waals surface area (Å²) in [5.74, 6) is -0.419. The standard InChI is InChI=1S/C16H14F3N2O/c17-16(18,19)14-8-13(22)11-3-1-2-10-9-4-6-20-7-5-12(9)21(14)15(10)11/h1-3,14H,4-8H2. The maximum Gasteiger partial charge on any atom is 0.409 e. The van der Waals surface area contributed by atoms with Gasteiger partial charge in [-0.15, -0.1) is 0 Å². The second kappa shape index (κ2) is 4.59. The zero-order valence-electron chi connectivity index (χ0n) is 11.8. The molecule has 2 aromatic rings. The van der Waals surface area contributed by atoms with E-state index in [4.69, 9.17) is 0 Å². The summed E-state index contributed by atoms with van der Waals surface area (Å²) < 4.78 is 41.8. The van der Waals surface area contributed by atoms with Crippen LogP contribution < -0.4 is 5.32 Å². The number of ketones is 1. The van der Waals surface area contributed by atoms with Crippen LogP contribution in [0.1, 0.15) is 34.1 Å². The lowest BCUT2D eigenvalue weighted by Gasteiger charge is -2.29. The van der Waals surface area contributed by atoms with Gasteiger partial charge >= 0.3 is 6.18 Å². The van der Waals surface area contributed by atoms with Crippen molar-refractivity contribution in [1.29, 1.82) is 0 Å². The summed E-state index contributed by atoms with van der Waals surface area (Å²) in [5.41, 5.74) is 2.52. The number of carbonyl (C=O) groups is 1. The van der Waals surface area contributed by atoms with Gasteiger partial charge in [-0.2, -0.15) is 13.2 Å². The van der Waals surface area contributed by atoms with Crippen molar-refractivity contribution in [2.75, 3.05) is 13.1 Å².